The fourth-order valence-corrected chi connectivity index (χ4v) is 1.90. The molecule has 0 fully saturated rings. The molecule has 0 spiro atoms. The number of anilines is 1. The smallest absolute Gasteiger partial charge is 0.331 e. The zero-order valence-corrected chi connectivity index (χ0v) is 12.9. The first-order valence-corrected chi connectivity index (χ1v) is 6.81. The lowest BCUT2D eigenvalue weighted by molar-refractivity contribution is -0.384. The summed E-state index contributed by atoms with van der Waals surface area (Å²) >= 11 is 0. The number of methoxy groups -OCH3 is 1. The van der Waals surface area contributed by atoms with E-state index in [0.29, 0.717) is 5.69 Å². The van der Waals surface area contributed by atoms with Gasteiger partial charge >= 0.3 is 5.97 Å². The number of hydrogen-bond acceptors (Lipinski definition) is 6. The molecule has 1 aromatic rings. The van der Waals surface area contributed by atoms with Gasteiger partial charge in [-0.3, -0.25) is 14.9 Å². The van der Waals surface area contributed by atoms with E-state index in [2.05, 4.69) is 10.6 Å². The number of benzene rings is 1. The van der Waals surface area contributed by atoms with E-state index < -0.39 is 22.3 Å². The molecule has 1 rings (SSSR count). The van der Waals surface area contributed by atoms with Crippen molar-refractivity contribution in [2.45, 2.75) is 18.9 Å². The van der Waals surface area contributed by atoms with Crippen molar-refractivity contribution in [1.82, 2.24) is 5.32 Å². The summed E-state index contributed by atoms with van der Waals surface area (Å²) in [5.74, 6) is -1.71. The third-order valence-corrected chi connectivity index (χ3v) is 3.09. The number of nitrogens with zero attached hydrogens (tertiary/aromatic N) is 1. The summed E-state index contributed by atoms with van der Waals surface area (Å²) in [5.41, 5.74) is -1.32. The van der Waals surface area contributed by atoms with Crippen LogP contribution in [0.3, 0.4) is 0 Å². The van der Waals surface area contributed by atoms with Gasteiger partial charge in [0.1, 0.15) is 5.69 Å². The van der Waals surface area contributed by atoms with Crippen LogP contribution in [0.15, 0.2) is 24.3 Å². The first kappa shape index (κ1) is 18.4. The fourth-order valence-electron chi connectivity index (χ4n) is 1.90. The molecular formula is C14H19N3O6. The quantitative estimate of drug-likeness (QED) is 0.456. The molecule has 9 nitrogen and oxygen atoms in total. The van der Waals surface area contributed by atoms with Crippen LogP contribution in [0.25, 0.3) is 0 Å². The maximum absolute atomic E-state index is 11.8. The molecule has 9 heteroatoms. The highest BCUT2D eigenvalue weighted by Crippen LogP contribution is 2.22. The second-order valence-corrected chi connectivity index (χ2v) is 5.07. The number of rotatable bonds is 9. The van der Waals surface area contributed by atoms with E-state index in [-0.39, 0.29) is 25.3 Å². The number of hydrogen-bond donors (Lipinski definition) is 3. The van der Waals surface area contributed by atoms with Crippen molar-refractivity contribution in [2.24, 2.45) is 0 Å². The summed E-state index contributed by atoms with van der Waals surface area (Å²) in [6.45, 7) is 1.29. The summed E-state index contributed by atoms with van der Waals surface area (Å²) in [6.07, 6.45) is -0.0430. The average Bonchev–Trinajstić information content (AvgIpc) is 2.47. The van der Waals surface area contributed by atoms with Crippen molar-refractivity contribution >= 4 is 23.3 Å². The third kappa shape index (κ3) is 5.22. The highest BCUT2D eigenvalue weighted by Gasteiger charge is 2.34. The van der Waals surface area contributed by atoms with E-state index >= 15 is 0 Å². The van der Waals surface area contributed by atoms with Crippen molar-refractivity contribution < 1.29 is 24.4 Å². The van der Waals surface area contributed by atoms with Gasteiger partial charge in [0, 0.05) is 26.1 Å². The van der Waals surface area contributed by atoms with Crippen LogP contribution in [0.4, 0.5) is 11.4 Å². The van der Waals surface area contributed by atoms with Crippen molar-refractivity contribution in [1.29, 1.82) is 0 Å². The molecule has 0 radical (unpaired) electrons. The lowest BCUT2D eigenvalue weighted by Crippen LogP contribution is -2.55. The Morgan fingerprint density at radius 3 is 2.61 bits per heavy atom. The van der Waals surface area contributed by atoms with Crippen LogP contribution in [0.1, 0.15) is 13.3 Å². The molecule has 1 amide bonds. The van der Waals surface area contributed by atoms with Gasteiger partial charge in [-0.1, -0.05) is 12.1 Å². The topological polar surface area (TPSA) is 131 Å². The number of carboxylic acids is 1. The number of amides is 1. The lowest BCUT2D eigenvalue weighted by Gasteiger charge is -2.25. The number of nitro benzene ring substituents is 1. The standard InChI is InChI=1S/C14H19N3O6/c1-14(9-23-2,13(19)20)16-12(18)7-8-15-10-5-3-4-6-11(10)17(21)22/h3-6,15H,7-9H2,1-2H3,(H,16,18)(H,19,20). The van der Waals surface area contributed by atoms with Crippen LogP contribution < -0.4 is 10.6 Å². The molecule has 1 unspecified atom stereocenters. The van der Waals surface area contributed by atoms with Crippen LogP contribution in [0.5, 0.6) is 0 Å². The van der Waals surface area contributed by atoms with Gasteiger partial charge in [-0.2, -0.15) is 0 Å². The molecule has 0 aliphatic heterocycles. The molecule has 0 bridgehead atoms. The lowest BCUT2D eigenvalue weighted by atomic mass is 10.0. The fraction of sp³-hybridized carbons (Fsp3) is 0.429. The average molecular weight is 325 g/mol. The molecule has 0 aliphatic rings. The Labute approximate surface area is 132 Å². The molecule has 0 aromatic heterocycles. The summed E-state index contributed by atoms with van der Waals surface area (Å²) in [4.78, 5) is 33.4. The number of ether oxygens (including phenoxy) is 1. The SMILES string of the molecule is COCC(C)(NC(=O)CCNc1ccccc1[N+](=O)[O-])C(=O)O. The Kier molecular flexibility index (Phi) is 6.46. The number of nitrogens with one attached hydrogen (secondary N) is 2. The zero-order chi connectivity index (χ0) is 17.5. The van der Waals surface area contributed by atoms with E-state index in [1.165, 1.54) is 26.2 Å². The highest BCUT2D eigenvalue weighted by molar-refractivity contribution is 5.87. The van der Waals surface area contributed by atoms with Gasteiger partial charge in [-0.15, -0.1) is 0 Å². The van der Waals surface area contributed by atoms with Gasteiger partial charge in [-0.05, 0) is 13.0 Å². The number of carbonyl (C=O) groups excluding carboxylic acids is 1. The normalized spacial score (nSPS) is 13.0. The second kappa shape index (κ2) is 8.08. The molecule has 0 saturated heterocycles. The van der Waals surface area contributed by atoms with Crippen molar-refractivity contribution in [2.75, 3.05) is 25.6 Å². The number of carbonyl (C=O) groups is 2. The summed E-state index contributed by atoms with van der Waals surface area (Å²) in [6, 6.07) is 6.05. The van der Waals surface area contributed by atoms with Gasteiger partial charge in [0.15, 0.2) is 5.54 Å². The Bertz CT molecular complexity index is 592. The van der Waals surface area contributed by atoms with Gasteiger partial charge in [0.25, 0.3) is 5.69 Å². The molecule has 126 valence electrons. The van der Waals surface area contributed by atoms with Crippen LogP contribution in [0, 0.1) is 10.1 Å². The van der Waals surface area contributed by atoms with Crippen LogP contribution in [0.2, 0.25) is 0 Å². The Hall–Kier alpha value is -2.68. The Balaban J connectivity index is 2.58. The van der Waals surface area contributed by atoms with Crippen molar-refractivity contribution in [3.63, 3.8) is 0 Å². The predicted octanol–water partition coefficient (Wildman–Crippen LogP) is 1.00. The molecule has 0 heterocycles. The largest absolute Gasteiger partial charge is 0.479 e. The number of aliphatic carboxylic acids is 1. The molecule has 1 aromatic carbocycles. The van der Waals surface area contributed by atoms with Gasteiger partial charge in [-0.25, -0.2) is 4.79 Å². The van der Waals surface area contributed by atoms with Crippen molar-refractivity contribution in [3.8, 4) is 0 Å². The second-order valence-electron chi connectivity index (χ2n) is 5.07. The molecule has 1 atom stereocenters. The first-order valence-electron chi connectivity index (χ1n) is 6.81. The molecule has 3 N–H and O–H groups in total. The van der Waals surface area contributed by atoms with Crippen LogP contribution >= 0.6 is 0 Å². The van der Waals surface area contributed by atoms with E-state index in [4.69, 9.17) is 9.84 Å². The summed E-state index contributed by atoms with van der Waals surface area (Å²) in [5, 5.41) is 25.2. The highest BCUT2D eigenvalue weighted by atomic mass is 16.6. The molecule has 0 saturated carbocycles. The molecular weight excluding hydrogens is 306 g/mol. The maximum Gasteiger partial charge on any atom is 0.331 e. The van der Waals surface area contributed by atoms with Crippen LogP contribution in [-0.4, -0.2) is 47.7 Å². The Morgan fingerprint density at radius 1 is 1.39 bits per heavy atom. The summed E-state index contributed by atoms with van der Waals surface area (Å²) in [7, 11) is 1.34. The molecule has 23 heavy (non-hydrogen) atoms. The van der Waals surface area contributed by atoms with Crippen molar-refractivity contribution in [3.05, 3.63) is 34.4 Å². The van der Waals surface area contributed by atoms with E-state index in [0.717, 1.165) is 0 Å². The predicted molar refractivity (Wildman–Crippen MR) is 82.3 cm³/mol. The minimum Gasteiger partial charge on any atom is -0.479 e. The minimum atomic E-state index is -1.52. The maximum atomic E-state index is 11.8. The monoisotopic (exact) mass is 325 g/mol. The van der Waals surface area contributed by atoms with E-state index in [1.807, 2.05) is 0 Å². The number of carboxylic acid groups (broad SMARTS) is 1. The number of nitro groups is 1. The molecule has 0 aliphatic carbocycles. The van der Waals surface area contributed by atoms with Gasteiger partial charge in [0.05, 0.1) is 11.5 Å². The van der Waals surface area contributed by atoms with E-state index in [9.17, 15) is 19.7 Å². The zero-order valence-electron chi connectivity index (χ0n) is 12.9. The minimum absolute atomic E-state index is 0.0430. The van der Waals surface area contributed by atoms with E-state index in [1.54, 1.807) is 12.1 Å². The first-order chi connectivity index (χ1) is 10.8. The van der Waals surface area contributed by atoms with Crippen LogP contribution in [-0.2, 0) is 14.3 Å². The number of para-hydroxylation sites is 2. The van der Waals surface area contributed by atoms with Gasteiger partial charge < -0.3 is 20.5 Å². The third-order valence-electron chi connectivity index (χ3n) is 3.09. The van der Waals surface area contributed by atoms with Gasteiger partial charge in [0.2, 0.25) is 5.91 Å². The summed E-state index contributed by atoms with van der Waals surface area (Å²) < 4.78 is 4.80. The Morgan fingerprint density at radius 2 is 2.04 bits per heavy atom.